The molecule has 0 aliphatic heterocycles. The number of nitrogen functional groups attached to an aromatic ring is 1. The molecular formula is C14H20N2O3. The van der Waals surface area contributed by atoms with Crippen molar-refractivity contribution in [2.75, 3.05) is 12.8 Å². The number of aromatic nitrogens is 1. The van der Waals surface area contributed by atoms with Crippen molar-refractivity contribution in [3.05, 3.63) is 23.9 Å². The summed E-state index contributed by atoms with van der Waals surface area (Å²) in [5, 5.41) is 0. The summed E-state index contributed by atoms with van der Waals surface area (Å²) in [4.78, 5) is 15.7. The van der Waals surface area contributed by atoms with Crippen LogP contribution in [-0.2, 0) is 9.53 Å². The number of pyridine rings is 1. The van der Waals surface area contributed by atoms with Crippen molar-refractivity contribution in [1.82, 2.24) is 4.98 Å². The van der Waals surface area contributed by atoms with E-state index in [2.05, 4.69) is 4.98 Å². The molecule has 1 aromatic rings. The Bertz CT molecular complexity index is 476. The van der Waals surface area contributed by atoms with Crippen molar-refractivity contribution in [3.63, 3.8) is 0 Å². The molecule has 0 spiro atoms. The third kappa shape index (κ3) is 5.42. The van der Waals surface area contributed by atoms with Crippen LogP contribution < -0.4 is 10.5 Å². The maximum atomic E-state index is 11.5. The highest BCUT2D eigenvalue weighted by molar-refractivity contribution is 5.73. The lowest BCUT2D eigenvalue weighted by Gasteiger charge is -2.18. The van der Waals surface area contributed by atoms with Crippen LogP contribution in [0.25, 0.3) is 6.08 Å². The smallest absolute Gasteiger partial charge is 0.310 e. The van der Waals surface area contributed by atoms with E-state index in [9.17, 15) is 4.79 Å². The van der Waals surface area contributed by atoms with Gasteiger partial charge in [-0.3, -0.25) is 4.79 Å². The molecule has 0 atom stereocenters. The first kappa shape index (κ1) is 15.0. The van der Waals surface area contributed by atoms with Gasteiger partial charge in [-0.15, -0.1) is 0 Å². The van der Waals surface area contributed by atoms with E-state index in [1.165, 1.54) is 7.11 Å². The van der Waals surface area contributed by atoms with Gasteiger partial charge in [-0.1, -0.05) is 6.08 Å². The fourth-order valence-electron chi connectivity index (χ4n) is 1.36. The van der Waals surface area contributed by atoms with Crippen molar-refractivity contribution in [2.45, 2.75) is 32.8 Å². The second-order valence-electron chi connectivity index (χ2n) is 5.02. The average Bonchev–Trinajstić information content (AvgIpc) is 2.29. The van der Waals surface area contributed by atoms with Gasteiger partial charge in [0.05, 0.1) is 24.9 Å². The Morgan fingerprint density at radius 3 is 2.68 bits per heavy atom. The summed E-state index contributed by atoms with van der Waals surface area (Å²) in [7, 11) is 1.53. The number of nitrogens with two attached hydrogens (primary N) is 1. The maximum Gasteiger partial charge on any atom is 0.310 e. The predicted octanol–water partition coefficient (Wildman–Crippen LogP) is 2.42. The molecule has 0 fully saturated rings. The topological polar surface area (TPSA) is 74.4 Å². The number of hydrogen-bond acceptors (Lipinski definition) is 5. The second kappa shape index (κ2) is 6.22. The first-order chi connectivity index (χ1) is 8.81. The van der Waals surface area contributed by atoms with E-state index < -0.39 is 5.60 Å². The van der Waals surface area contributed by atoms with Gasteiger partial charge in [-0.2, -0.15) is 0 Å². The van der Waals surface area contributed by atoms with Gasteiger partial charge in [0.15, 0.2) is 0 Å². The van der Waals surface area contributed by atoms with Crippen LogP contribution >= 0.6 is 0 Å². The molecule has 0 aliphatic carbocycles. The number of carbonyl (C=O) groups excluding carboxylic acids is 1. The molecule has 5 nitrogen and oxygen atoms in total. The van der Waals surface area contributed by atoms with E-state index in [4.69, 9.17) is 15.2 Å². The maximum absolute atomic E-state index is 11.5. The van der Waals surface area contributed by atoms with E-state index in [-0.39, 0.29) is 12.4 Å². The molecule has 0 saturated heterocycles. The first-order valence-electron chi connectivity index (χ1n) is 6.01. The monoisotopic (exact) mass is 264 g/mol. The molecule has 5 heteroatoms. The van der Waals surface area contributed by atoms with Crippen molar-refractivity contribution in [2.24, 2.45) is 0 Å². The van der Waals surface area contributed by atoms with Crippen LogP contribution in [0.1, 0.15) is 32.9 Å². The summed E-state index contributed by atoms with van der Waals surface area (Å²) < 4.78 is 10.2. The number of esters is 1. The minimum atomic E-state index is -0.474. The van der Waals surface area contributed by atoms with Crippen molar-refractivity contribution < 1.29 is 14.3 Å². The lowest BCUT2D eigenvalue weighted by atomic mass is 10.2. The molecule has 0 aromatic carbocycles. The third-order valence-corrected chi connectivity index (χ3v) is 2.12. The van der Waals surface area contributed by atoms with E-state index in [1.54, 1.807) is 24.3 Å². The number of ether oxygens (including phenoxy) is 2. The number of carbonyl (C=O) groups is 1. The molecule has 0 amide bonds. The van der Waals surface area contributed by atoms with Gasteiger partial charge in [-0.05, 0) is 32.9 Å². The van der Waals surface area contributed by atoms with Gasteiger partial charge in [0, 0.05) is 6.07 Å². The van der Waals surface area contributed by atoms with Crippen LogP contribution in [0.15, 0.2) is 18.2 Å². The second-order valence-corrected chi connectivity index (χ2v) is 5.02. The molecule has 2 N–H and O–H groups in total. The number of anilines is 1. The molecule has 0 bridgehead atoms. The molecule has 1 aromatic heterocycles. The fourth-order valence-corrected chi connectivity index (χ4v) is 1.36. The highest BCUT2D eigenvalue weighted by atomic mass is 16.6. The highest BCUT2D eigenvalue weighted by Gasteiger charge is 2.14. The van der Waals surface area contributed by atoms with Gasteiger partial charge in [0.1, 0.15) is 5.60 Å². The molecule has 1 rings (SSSR count). The SMILES string of the molecule is COc1ccc(N)c(/C=C/CC(=O)OC(C)(C)C)n1. The van der Waals surface area contributed by atoms with E-state index in [1.807, 2.05) is 20.8 Å². The zero-order chi connectivity index (χ0) is 14.5. The first-order valence-corrected chi connectivity index (χ1v) is 6.01. The number of rotatable bonds is 4. The minimum Gasteiger partial charge on any atom is -0.481 e. The zero-order valence-electron chi connectivity index (χ0n) is 11.8. The summed E-state index contributed by atoms with van der Waals surface area (Å²) >= 11 is 0. The zero-order valence-corrected chi connectivity index (χ0v) is 11.8. The Kier molecular flexibility index (Phi) is 4.92. The van der Waals surface area contributed by atoms with Gasteiger partial charge in [0.25, 0.3) is 0 Å². The van der Waals surface area contributed by atoms with Crippen molar-refractivity contribution >= 4 is 17.7 Å². The van der Waals surface area contributed by atoms with E-state index >= 15 is 0 Å². The standard InChI is InChI=1S/C14H20N2O3/c1-14(2,3)19-13(17)7-5-6-11-10(15)8-9-12(16-11)18-4/h5-6,8-9H,7,15H2,1-4H3/b6-5+. The summed E-state index contributed by atoms with van der Waals surface area (Å²) in [6.07, 6.45) is 3.53. The number of methoxy groups -OCH3 is 1. The summed E-state index contributed by atoms with van der Waals surface area (Å²) in [5.74, 6) is 0.191. The molecule has 104 valence electrons. The highest BCUT2D eigenvalue weighted by Crippen LogP contribution is 2.16. The Morgan fingerprint density at radius 2 is 2.11 bits per heavy atom. The Balaban J connectivity index is 2.64. The Hall–Kier alpha value is -2.04. The average molecular weight is 264 g/mol. The molecule has 0 unspecified atom stereocenters. The lowest BCUT2D eigenvalue weighted by molar-refractivity contribution is -0.153. The quantitative estimate of drug-likeness (QED) is 0.845. The van der Waals surface area contributed by atoms with Crippen LogP contribution in [0.3, 0.4) is 0 Å². The van der Waals surface area contributed by atoms with Crippen LogP contribution in [0.5, 0.6) is 5.88 Å². The van der Waals surface area contributed by atoms with Crippen molar-refractivity contribution in [3.8, 4) is 5.88 Å². The number of hydrogen-bond donors (Lipinski definition) is 1. The molecule has 19 heavy (non-hydrogen) atoms. The lowest BCUT2D eigenvalue weighted by Crippen LogP contribution is -2.23. The van der Waals surface area contributed by atoms with Crippen LogP contribution in [0.4, 0.5) is 5.69 Å². The fraction of sp³-hybridized carbons (Fsp3) is 0.429. The van der Waals surface area contributed by atoms with Gasteiger partial charge < -0.3 is 15.2 Å². The molecule has 0 aliphatic rings. The van der Waals surface area contributed by atoms with Gasteiger partial charge >= 0.3 is 5.97 Å². The number of nitrogens with zero attached hydrogens (tertiary/aromatic N) is 1. The van der Waals surface area contributed by atoms with Gasteiger partial charge in [0.2, 0.25) is 5.88 Å². The minimum absolute atomic E-state index is 0.176. The molecule has 1 heterocycles. The summed E-state index contributed by atoms with van der Waals surface area (Å²) in [6.45, 7) is 5.49. The van der Waals surface area contributed by atoms with Crippen molar-refractivity contribution in [1.29, 1.82) is 0 Å². The van der Waals surface area contributed by atoms with Crippen LogP contribution in [-0.4, -0.2) is 23.7 Å². The Morgan fingerprint density at radius 1 is 1.42 bits per heavy atom. The predicted molar refractivity (Wildman–Crippen MR) is 74.7 cm³/mol. The largest absolute Gasteiger partial charge is 0.481 e. The van der Waals surface area contributed by atoms with Crippen LogP contribution in [0, 0.1) is 0 Å². The summed E-state index contributed by atoms with van der Waals surface area (Å²) in [5.41, 5.74) is 6.40. The summed E-state index contributed by atoms with van der Waals surface area (Å²) in [6, 6.07) is 3.39. The normalized spacial score (nSPS) is 11.6. The Labute approximate surface area is 113 Å². The van der Waals surface area contributed by atoms with Crippen LogP contribution in [0.2, 0.25) is 0 Å². The third-order valence-electron chi connectivity index (χ3n) is 2.12. The van der Waals surface area contributed by atoms with E-state index in [0.717, 1.165) is 0 Å². The molecule has 0 saturated carbocycles. The molecular weight excluding hydrogens is 244 g/mol. The van der Waals surface area contributed by atoms with E-state index in [0.29, 0.717) is 17.3 Å². The molecule has 0 radical (unpaired) electrons. The van der Waals surface area contributed by atoms with Gasteiger partial charge in [-0.25, -0.2) is 4.98 Å².